The molecular weight excluding hydrogens is 212 g/mol. The zero-order chi connectivity index (χ0) is 11.8. The second-order valence-corrected chi connectivity index (χ2v) is 6.30. The molecule has 2 aliphatic carbocycles. The molecule has 3 rings (SSSR count). The van der Waals surface area contributed by atoms with Gasteiger partial charge in [-0.05, 0) is 50.5 Å². The van der Waals surface area contributed by atoms with E-state index in [0.717, 1.165) is 12.0 Å². The quantitative estimate of drug-likeness (QED) is 0.777. The highest BCUT2D eigenvalue weighted by Gasteiger charge is 2.43. The molecule has 1 saturated heterocycles. The molecule has 3 aliphatic rings. The van der Waals surface area contributed by atoms with Crippen LogP contribution in [0.15, 0.2) is 0 Å². The van der Waals surface area contributed by atoms with Crippen molar-refractivity contribution in [3.63, 3.8) is 0 Å². The highest BCUT2D eigenvalue weighted by atomic mass is 16.3. The monoisotopic (exact) mass is 238 g/mol. The van der Waals surface area contributed by atoms with Gasteiger partial charge < -0.3 is 10.8 Å². The fourth-order valence-electron chi connectivity index (χ4n) is 4.10. The van der Waals surface area contributed by atoms with Gasteiger partial charge in [-0.25, -0.2) is 0 Å². The maximum atomic E-state index is 9.70. The Kier molecular flexibility index (Phi) is 3.42. The van der Waals surface area contributed by atoms with Gasteiger partial charge in [0, 0.05) is 18.1 Å². The van der Waals surface area contributed by atoms with Gasteiger partial charge in [0.2, 0.25) is 0 Å². The van der Waals surface area contributed by atoms with Crippen molar-refractivity contribution in [2.75, 3.05) is 13.2 Å². The molecule has 1 aliphatic heterocycles. The number of nitrogens with zero attached hydrogens (tertiary/aromatic N) is 1. The van der Waals surface area contributed by atoms with Crippen LogP contribution in [0.3, 0.4) is 0 Å². The van der Waals surface area contributed by atoms with Gasteiger partial charge in [0.1, 0.15) is 0 Å². The zero-order valence-electron chi connectivity index (χ0n) is 10.7. The third-order valence-corrected chi connectivity index (χ3v) is 5.28. The van der Waals surface area contributed by atoms with Crippen LogP contribution in [-0.4, -0.2) is 41.3 Å². The van der Waals surface area contributed by atoms with Gasteiger partial charge in [-0.3, -0.25) is 4.90 Å². The fraction of sp³-hybridized carbons (Fsp3) is 1.00. The van der Waals surface area contributed by atoms with Crippen molar-refractivity contribution in [2.24, 2.45) is 17.6 Å². The zero-order valence-corrected chi connectivity index (χ0v) is 10.7. The predicted octanol–water partition coefficient (Wildman–Crippen LogP) is 1.35. The van der Waals surface area contributed by atoms with Crippen molar-refractivity contribution in [2.45, 2.75) is 63.1 Å². The Morgan fingerprint density at radius 3 is 2.59 bits per heavy atom. The molecule has 4 atom stereocenters. The van der Waals surface area contributed by atoms with Crippen LogP contribution in [0.5, 0.6) is 0 Å². The van der Waals surface area contributed by atoms with E-state index in [1.165, 1.54) is 51.5 Å². The molecule has 2 saturated carbocycles. The Morgan fingerprint density at radius 2 is 1.88 bits per heavy atom. The molecule has 1 heterocycles. The van der Waals surface area contributed by atoms with Gasteiger partial charge >= 0.3 is 0 Å². The smallest absolute Gasteiger partial charge is 0.0602 e. The van der Waals surface area contributed by atoms with Crippen molar-refractivity contribution in [3.05, 3.63) is 0 Å². The number of hydrogen-bond acceptors (Lipinski definition) is 3. The molecule has 0 spiro atoms. The Balaban J connectivity index is 1.68. The molecule has 0 amide bonds. The summed E-state index contributed by atoms with van der Waals surface area (Å²) >= 11 is 0. The first-order valence-corrected chi connectivity index (χ1v) is 7.43. The molecule has 0 bridgehead atoms. The summed E-state index contributed by atoms with van der Waals surface area (Å²) in [7, 11) is 0. The van der Waals surface area contributed by atoms with Crippen molar-refractivity contribution in [3.8, 4) is 0 Å². The Bertz CT molecular complexity index is 267. The number of likely N-dealkylation sites (tertiary alicyclic amines) is 1. The molecule has 0 aromatic heterocycles. The Hall–Kier alpha value is -0.120. The minimum absolute atomic E-state index is 0.209. The van der Waals surface area contributed by atoms with Gasteiger partial charge in [0.15, 0.2) is 0 Å². The molecule has 3 nitrogen and oxygen atoms in total. The van der Waals surface area contributed by atoms with E-state index in [4.69, 9.17) is 5.73 Å². The lowest BCUT2D eigenvalue weighted by Gasteiger charge is -2.39. The van der Waals surface area contributed by atoms with Crippen LogP contribution in [0.4, 0.5) is 0 Å². The Labute approximate surface area is 104 Å². The molecule has 98 valence electrons. The van der Waals surface area contributed by atoms with Gasteiger partial charge in [0.05, 0.1) is 6.61 Å². The topological polar surface area (TPSA) is 49.5 Å². The highest BCUT2D eigenvalue weighted by molar-refractivity contribution is 4.99. The van der Waals surface area contributed by atoms with Crippen molar-refractivity contribution in [1.82, 2.24) is 4.90 Å². The Morgan fingerprint density at radius 1 is 1.12 bits per heavy atom. The normalized spacial score (nSPS) is 37.8. The molecule has 3 heteroatoms. The number of nitrogens with two attached hydrogens (primary N) is 1. The number of aliphatic hydroxyl groups excluding tert-OH is 1. The second-order valence-electron chi connectivity index (χ2n) is 6.30. The first-order valence-electron chi connectivity index (χ1n) is 7.43. The summed E-state index contributed by atoms with van der Waals surface area (Å²) < 4.78 is 0. The lowest BCUT2D eigenvalue weighted by molar-refractivity contribution is 0.0670. The molecule has 0 aromatic carbocycles. The molecule has 17 heavy (non-hydrogen) atoms. The SMILES string of the molecule is NC(C1CC1)C(CO)N1CCC2CCCCC21. The van der Waals surface area contributed by atoms with E-state index in [2.05, 4.69) is 4.90 Å². The van der Waals surface area contributed by atoms with Gasteiger partial charge in [-0.15, -0.1) is 0 Å². The average molecular weight is 238 g/mol. The minimum atomic E-state index is 0.209. The molecule has 0 aromatic rings. The van der Waals surface area contributed by atoms with Gasteiger partial charge in [-0.2, -0.15) is 0 Å². The van der Waals surface area contributed by atoms with E-state index in [1.807, 2.05) is 0 Å². The highest BCUT2D eigenvalue weighted by Crippen LogP contribution is 2.40. The summed E-state index contributed by atoms with van der Waals surface area (Å²) in [5, 5.41) is 9.70. The standard InChI is InChI=1S/C14H26N2O/c15-14(11-5-6-11)13(9-17)16-8-7-10-3-1-2-4-12(10)16/h10-14,17H,1-9,15H2. The summed E-state index contributed by atoms with van der Waals surface area (Å²) in [6, 6.07) is 1.17. The van der Waals surface area contributed by atoms with Crippen molar-refractivity contribution >= 4 is 0 Å². The molecule has 3 fully saturated rings. The van der Waals surface area contributed by atoms with Gasteiger partial charge in [-0.1, -0.05) is 12.8 Å². The van der Waals surface area contributed by atoms with Crippen molar-refractivity contribution < 1.29 is 5.11 Å². The minimum Gasteiger partial charge on any atom is -0.395 e. The second kappa shape index (κ2) is 4.87. The van der Waals surface area contributed by atoms with E-state index < -0.39 is 0 Å². The summed E-state index contributed by atoms with van der Waals surface area (Å²) in [5.74, 6) is 1.58. The van der Waals surface area contributed by atoms with Crippen molar-refractivity contribution in [1.29, 1.82) is 0 Å². The summed E-state index contributed by atoms with van der Waals surface area (Å²) in [6.45, 7) is 1.42. The average Bonchev–Trinajstić information content (AvgIpc) is 3.13. The van der Waals surface area contributed by atoms with E-state index in [9.17, 15) is 5.11 Å². The largest absolute Gasteiger partial charge is 0.395 e. The van der Waals surface area contributed by atoms with Crippen LogP contribution < -0.4 is 5.73 Å². The molecule has 3 N–H and O–H groups in total. The van der Waals surface area contributed by atoms with E-state index >= 15 is 0 Å². The maximum Gasteiger partial charge on any atom is 0.0602 e. The third kappa shape index (κ3) is 2.25. The first-order chi connectivity index (χ1) is 8.31. The summed E-state index contributed by atoms with van der Waals surface area (Å²) in [4.78, 5) is 2.56. The predicted molar refractivity (Wildman–Crippen MR) is 68.6 cm³/mol. The first kappa shape index (κ1) is 11.9. The molecule has 4 unspecified atom stereocenters. The number of rotatable bonds is 4. The van der Waals surface area contributed by atoms with Crippen LogP contribution in [-0.2, 0) is 0 Å². The van der Waals surface area contributed by atoms with Gasteiger partial charge in [0.25, 0.3) is 0 Å². The van der Waals surface area contributed by atoms with Crippen LogP contribution in [0.25, 0.3) is 0 Å². The van der Waals surface area contributed by atoms with Crippen LogP contribution >= 0.6 is 0 Å². The lowest BCUT2D eigenvalue weighted by Crippen LogP contribution is -2.53. The van der Waals surface area contributed by atoms with E-state index in [1.54, 1.807) is 0 Å². The maximum absolute atomic E-state index is 9.70. The molecular formula is C14H26N2O. The fourth-order valence-corrected chi connectivity index (χ4v) is 4.10. The lowest BCUT2D eigenvalue weighted by atomic mass is 9.84. The van der Waals surface area contributed by atoms with Crippen LogP contribution in [0.2, 0.25) is 0 Å². The molecule has 0 radical (unpaired) electrons. The number of hydrogen-bond donors (Lipinski definition) is 2. The van der Waals surface area contributed by atoms with E-state index in [0.29, 0.717) is 5.92 Å². The number of aliphatic hydroxyl groups is 1. The van der Waals surface area contributed by atoms with Crippen LogP contribution in [0, 0.1) is 11.8 Å². The van der Waals surface area contributed by atoms with E-state index in [-0.39, 0.29) is 18.7 Å². The summed E-state index contributed by atoms with van der Waals surface area (Å²) in [6.07, 6.45) is 9.40. The summed E-state index contributed by atoms with van der Waals surface area (Å²) in [5.41, 5.74) is 6.33. The number of fused-ring (bicyclic) bond motifs is 1. The third-order valence-electron chi connectivity index (χ3n) is 5.28. The van der Waals surface area contributed by atoms with Crippen LogP contribution in [0.1, 0.15) is 44.9 Å².